The van der Waals surface area contributed by atoms with Gasteiger partial charge < -0.3 is 10.6 Å². The maximum absolute atomic E-state index is 12.5. The van der Waals surface area contributed by atoms with Crippen LogP contribution in [-0.4, -0.2) is 33.5 Å². The van der Waals surface area contributed by atoms with E-state index in [1.165, 1.54) is 0 Å². The van der Waals surface area contributed by atoms with Crippen LogP contribution in [0, 0.1) is 0 Å². The largest absolute Gasteiger partial charge is 0.352 e. The normalized spacial score (nSPS) is 13.6. The van der Waals surface area contributed by atoms with Gasteiger partial charge in [-0.25, -0.2) is 4.98 Å². The second-order valence-corrected chi connectivity index (χ2v) is 6.37. The van der Waals surface area contributed by atoms with E-state index < -0.39 is 0 Å². The van der Waals surface area contributed by atoms with E-state index in [0.717, 1.165) is 23.9 Å². The number of amides is 2. The monoisotopic (exact) mass is 349 g/mol. The van der Waals surface area contributed by atoms with Gasteiger partial charge in [-0.1, -0.05) is 18.2 Å². The van der Waals surface area contributed by atoms with Gasteiger partial charge in [-0.3, -0.25) is 14.7 Å². The number of carbonyl (C=O) groups excluding carboxylic acids is 2. The van der Waals surface area contributed by atoms with Crippen LogP contribution < -0.4 is 10.6 Å². The Morgan fingerprint density at radius 3 is 2.77 bits per heavy atom. The third-order valence-corrected chi connectivity index (χ3v) is 4.39. The summed E-state index contributed by atoms with van der Waals surface area (Å²) in [6, 6.07) is 10.7. The van der Waals surface area contributed by atoms with Crippen LogP contribution in [0.4, 0.5) is 5.82 Å². The minimum atomic E-state index is -0.349. The van der Waals surface area contributed by atoms with Crippen molar-refractivity contribution in [2.45, 2.75) is 25.7 Å². The first-order valence-corrected chi connectivity index (χ1v) is 8.70. The predicted octanol–water partition coefficient (Wildman–Crippen LogP) is 2.84. The first kappa shape index (κ1) is 16.3. The summed E-state index contributed by atoms with van der Waals surface area (Å²) in [5.41, 5.74) is 2.44. The van der Waals surface area contributed by atoms with E-state index in [-0.39, 0.29) is 11.8 Å². The summed E-state index contributed by atoms with van der Waals surface area (Å²) >= 11 is 0. The van der Waals surface area contributed by atoms with Crippen LogP contribution in [0.15, 0.2) is 36.4 Å². The molecule has 1 saturated carbocycles. The van der Waals surface area contributed by atoms with Crippen molar-refractivity contribution in [3.63, 3.8) is 0 Å². The third-order valence-electron chi connectivity index (χ3n) is 4.39. The number of nitrogens with one attached hydrogen (secondary N) is 3. The van der Waals surface area contributed by atoms with Gasteiger partial charge in [0.1, 0.15) is 5.82 Å². The topological polar surface area (TPSA) is 99.8 Å². The Hall–Kier alpha value is -3.22. The number of hydrogen-bond acceptors (Lipinski definition) is 4. The predicted molar refractivity (Wildman–Crippen MR) is 98.3 cm³/mol. The van der Waals surface area contributed by atoms with E-state index in [9.17, 15) is 9.59 Å². The highest BCUT2D eigenvalue weighted by Gasteiger charge is 2.26. The van der Waals surface area contributed by atoms with Gasteiger partial charge in [-0.2, -0.15) is 5.10 Å². The van der Waals surface area contributed by atoms with Crippen molar-refractivity contribution in [3.05, 3.63) is 53.3 Å². The standard InChI is InChI=1S/C19H19N5O2/c1-2-20-18(25)13-9-17(21-14-6-4-3-5-12(13)14)22-19(26)16-10-15(23-24-16)11-7-8-11/h3-6,9-11H,2,7-8H2,1H3,(H,20,25)(H,23,24)(H,21,22,26). The number of aromatic amines is 1. The third kappa shape index (κ3) is 3.15. The molecule has 0 aliphatic heterocycles. The molecule has 2 heterocycles. The fraction of sp³-hybridized carbons (Fsp3) is 0.263. The van der Waals surface area contributed by atoms with Crippen molar-refractivity contribution in [1.82, 2.24) is 20.5 Å². The Morgan fingerprint density at radius 2 is 2.00 bits per heavy atom. The van der Waals surface area contributed by atoms with Gasteiger partial charge >= 0.3 is 0 Å². The average molecular weight is 349 g/mol. The molecule has 0 unspecified atom stereocenters. The number of hydrogen-bond donors (Lipinski definition) is 3. The molecular weight excluding hydrogens is 330 g/mol. The zero-order chi connectivity index (χ0) is 18.1. The number of carbonyl (C=O) groups is 2. The molecule has 3 aromatic rings. The SMILES string of the molecule is CCNC(=O)c1cc(NC(=O)c2cc(C3CC3)[nH]n2)nc2ccccc12. The van der Waals surface area contributed by atoms with Gasteiger partial charge in [-0.15, -0.1) is 0 Å². The molecule has 26 heavy (non-hydrogen) atoms. The maximum Gasteiger partial charge on any atom is 0.277 e. The number of para-hydroxylation sites is 1. The molecule has 0 spiro atoms. The minimum Gasteiger partial charge on any atom is -0.352 e. The number of anilines is 1. The molecule has 7 heteroatoms. The molecule has 132 valence electrons. The van der Waals surface area contributed by atoms with E-state index in [2.05, 4.69) is 25.8 Å². The molecule has 1 aliphatic rings. The molecule has 0 radical (unpaired) electrons. The number of aromatic nitrogens is 3. The Labute approximate surface area is 150 Å². The van der Waals surface area contributed by atoms with Crippen molar-refractivity contribution < 1.29 is 9.59 Å². The van der Waals surface area contributed by atoms with E-state index in [1.807, 2.05) is 31.2 Å². The average Bonchev–Trinajstić information content (AvgIpc) is 3.37. The smallest absolute Gasteiger partial charge is 0.277 e. The second kappa shape index (κ2) is 6.59. The fourth-order valence-corrected chi connectivity index (χ4v) is 2.92. The summed E-state index contributed by atoms with van der Waals surface area (Å²) in [6.07, 6.45) is 2.26. The summed E-state index contributed by atoms with van der Waals surface area (Å²) in [5, 5.41) is 13.3. The minimum absolute atomic E-state index is 0.197. The van der Waals surface area contributed by atoms with E-state index in [0.29, 0.717) is 35.1 Å². The Bertz CT molecular complexity index is 991. The highest BCUT2D eigenvalue weighted by atomic mass is 16.2. The van der Waals surface area contributed by atoms with Crippen LogP contribution in [0.1, 0.15) is 52.2 Å². The number of nitrogens with zero attached hydrogens (tertiary/aromatic N) is 2. The number of pyridine rings is 1. The zero-order valence-electron chi connectivity index (χ0n) is 14.4. The van der Waals surface area contributed by atoms with Crippen molar-refractivity contribution in [2.24, 2.45) is 0 Å². The van der Waals surface area contributed by atoms with E-state index >= 15 is 0 Å². The molecule has 2 aromatic heterocycles. The van der Waals surface area contributed by atoms with Gasteiger partial charge in [0.15, 0.2) is 5.69 Å². The number of rotatable bonds is 5. The molecular formula is C19H19N5O2. The van der Waals surface area contributed by atoms with Crippen LogP contribution in [0.2, 0.25) is 0 Å². The molecule has 0 bridgehead atoms. The van der Waals surface area contributed by atoms with Gasteiger partial charge in [0, 0.05) is 23.5 Å². The van der Waals surface area contributed by atoms with Crippen molar-refractivity contribution in [2.75, 3.05) is 11.9 Å². The van der Waals surface area contributed by atoms with Crippen LogP contribution in [0.5, 0.6) is 0 Å². The number of H-pyrrole nitrogens is 1. The molecule has 1 fully saturated rings. The summed E-state index contributed by atoms with van der Waals surface area (Å²) in [6.45, 7) is 2.38. The van der Waals surface area contributed by atoms with Crippen molar-refractivity contribution in [3.8, 4) is 0 Å². The number of benzene rings is 1. The van der Waals surface area contributed by atoms with Crippen LogP contribution >= 0.6 is 0 Å². The molecule has 7 nitrogen and oxygen atoms in total. The quantitative estimate of drug-likeness (QED) is 0.659. The first-order chi connectivity index (χ1) is 12.7. The molecule has 0 atom stereocenters. The molecule has 0 saturated heterocycles. The molecule has 1 aliphatic carbocycles. The molecule has 2 amide bonds. The maximum atomic E-state index is 12.5. The molecule has 1 aromatic carbocycles. The summed E-state index contributed by atoms with van der Waals surface area (Å²) in [5.74, 6) is 0.272. The lowest BCUT2D eigenvalue weighted by Gasteiger charge is -2.10. The van der Waals surface area contributed by atoms with Crippen LogP contribution in [-0.2, 0) is 0 Å². The van der Waals surface area contributed by atoms with Gasteiger partial charge in [0.2, 0.25) is 0 Å². The van der Waals surface area contributed by atoms with Gasteiger partial charge in [-0.05, 0) is 38.0 Å². The second-order valence-electron chi connectivity index (χ2n) is 6.37. The highest BCUT2D eigenvalue weighted by Crippen LogP contribution is 2.39. The number of fused-ring (bicyclic) bond motifs is 1. The van der Waals surface area contributed by atoms with E-state index in [1.54, 1.807) is 12.1 Å². The Balaban J connectivity index is 1.64. The molecule has 4 rings (SSSR count). The molecule has 3 N–H and O–H groups in total. The van der Waals surface area contributed by atoms with E-state index in [4.69, 9.17) is 0 Å². The Kier molecular flexibility index (Phi) is 4.12. The lowest BCUT2D eigenvalue weighted by molar-refractivity contribution is 0.0955. The van der Waals surface area contributed by atoms with Gasteiger partial charge in [0.25, 0.3) is 11.8 Å². The Morgan fingerprint density at radius 1 is 1.19 bits per heavy atom. The first-order valence-electron chi connectivity index (χ1n) is 8.70. The summed E-state index contributed by atoms with van der Waals surface area (Å²) < 4.78 is 0. The fourth-order valence-electron chi connectivity index (χ4n) is 2.92. The van der Waals surface area contributed by atoms with Crippen LogP contribution in [0.3, 0.4) is 0 Å². The van der Waals surface area contributed by atoms with Crippen molar-refractivity contribution in [1.29, 1.82) is 0 Å². The summed E-state index contributed by atoms with van der Waals surface area (Å²) in [4.78, 5) is 29.3. The zero-order valence-corrected chi connectivity index (χ0v) is 14.4. The van der Waals surface area contributed by atoms with Crippen molar-refractivity contribution >= 4 is 28.5 Å². The highest BCUT2D eigenvalue weighted by molar-refractivity contribution is 6.09. The lowest BCUT2D eigenvalue weighted by atomic mass is 10.1. The lowest BCUT2D eigenvalue weighted by Crippen LogP contribution is -2.23. The van der Waals surface area contributed by atoms with Gasteiger partial charge in [0.05, 0.1) is 11.1 Å². The summed E-state index contributed by atoms with van der Waals surface area (Å²) in [7, 11) is 0. The van der Waals surface area contributed by atoms with Crippen LogP contribution in [0.25, 0.3) is 10.9 Å².